The predicted octanol–water partition coefficient (Wildman–Crippen LogP) is 3.13. The Morgan fingerprint density at radius 3 is 2.78 bits per heavy atom. The van der Waals surface area contributed by atoms with Crippen LogP contribution in [0, 0.1) is 5.92 Å². The number of nitrogens with two attached hydrogens (primary N) is 1. The van der Waals surface area contributed by atoms with Crippen LogP contribution in [0.15, 0.2) is 36.7 Å². The normalized spacial score (nSPS) is 19.9. The first kappa shape index (κ1) is 17.3. The number of methoxy groups -OCH3 is 1. The number of imidazole rings is 1. The number of carbonyl (C=O) groups excluding carboxylic acids is 1. The van der Waals surface area contributed by atoms with E-state index in [4.69, 9.17) is 15.5 Å². The van der Waals surface area contributed by atoms with Crippen LogP contribution >= 0.6 is 0 Å². The zero-order valence-electron chi connectivity index (χ0n) is 15.1. The maximum absolute atomic E-state index is 11.8. The third-order valence-corrected chi connectivity index (χ3v) is 5.36. The summed E-state index contributed by atoms with van der Waals surface area (Å²) in [4.78, 5) is 20.9. The Morgan fingerprint density at radius 2 is 2.07 bits per heavy atom. The molecule has 0 unspecified atom stereocenters. The van der Waals surface area contributed by atoms with Gasteiger partial charge in [0, 0.05) is 23.9 Å². The first-order valence-corrected chi connectivity index (χ1v) is 9.08. The highest BCUT2D eigenvalue weighted by atomic mass is 16.5. The molecule has 7 nitrogen and oxygen atoms in total. The second-order valence-corrected chi connectivity index (χ2v) is 6.97. The molecule has 0 aliphatic heterocycles. The summed E-state index contributed by atoms with van der Waals surface area (Å²) in [6, 6.07) is 6.97. The van der Waals surface area contributed by atoms with Gasteiger partial charge < -0.3 is 15.6 Å². The van der Waals surface area contributed by atoms with Gasteiger partial charge in [0.1, 0.15) is 28.6 Å². The number of phenolic OH excluding ortho intramolecular Hbond substituents is 1. The van der Waals surface area contributed by atoms with Gasteiger partial charge in [0.25, 0.3) is 0 Å². The van der Waals surface area contributed by atoms with Gasteiger partial charge >= 0.3 is 5.97 Å². The number of carbonyl (C=O) groups is 1. The van der Waals surface area contributed by atoms with E-state index in [1.165, 1.54) is 7.11 Å². The Bertz CT molecular complexity index is 990. The monoisotopic (exact) mass is 366 g/mol. The van der Waals surface area contributed by atoms with Crippen molar-refractivity contribution in [3.63, 3.8) is 0 Å². The number of nitrogens with zero attached hydrogens (tertiary/aromatic N) is 3. The van der Waals surface area contributed by atoms with Crippen LogP contribution in [-0.4, -0.2) is 32.6 Å². The first-order valence-electron chi connectivity index (χ1n) is 9.08. The fourth-order valence-electron chi connectivity index (χ4n) is 3.98. The molecule has 2 heterocycles. The summed E-state index contributed by atoms with van der Waals surface area (Å²) in [6.45, 7) is 0. The molecular weight excluding hydrogens is 344 g/mol. The van der Waals surface area contributed by atoms with Crippen molar-refractivity contribution in [2.45, 2.75) is 31.6 Å². The summed E-state index contributed by atoms with van der Waals surface area (Å²) in [7, 11) is 1.44. The van der Waals surface area contributed by atoms with Crippen LogP contribution in [0.3, 0.4) is 0 Å². The topological polar surface area (TPSA) is 103 Å². The number of aromatic hydroxyl groups is 1. The van der Waals surface area contributed by atoms with Crippen molar-refractivity contribution in [3.05, 3.63) is 42.5 Å². The highest BCUT2D eigenvalue weighted by Gasteiger charge is 2.30. The number of fused-ring (bicyclic) bond motifs is 1. The number of nitrogen functional groups attached to an aromatic ring is 1. The zero-order chi connectivity index (χ0) is 19.0. The van der Waals surface area contributed by atoms with E-state index in [-0.39, 0.29) is 23.6 Å². The lowest BCUT2D eigenvalue weighted by molar-refractivity contribution is -0.146. The minimum Gasteiger partial charge on any atom is -0.508 e. The number of esters is 1. The van der Waals surface area contributed by atoms with Crippen molar-refractivity contribution >= 4 is 17.3 Å². The standard InChI is InChI=1S/C20H22N4O3/c1-27-20(26)13-7-5-12(6-8-13)19-23-16(14-3-2-4-15(25)11-14)17-18(21)22-9-10-24(17)19/h2-4,9-13,25H,5-8H2,1H3,(H2,21,22). The third kappa shape index (κ3) is 3.09. The third-order valence-electron chi connectivity index (χ3n) is 5.36. The summed E-state index contributed by atoms with van der Waals surface area (Å²) < 4.78 is 6.87. The molecule has 3 N–H and O–H groups in total. The Labute approximate surface area is 156 Å². The van der Waals surface area contributed by atoms with Gasteiger partial charge in [-0.25, -0.2) is 9.97 Å². The molecule has 1 aliphatic rings. The predicted molar refractivity (Wildman–Crippen MR) is 101 cm³/mol. The van der Waals surface area contributed by atoms with Crippen LogP contribution in [0.25, 0.3) is 16.8 Å². The van der Waals surface area contributed by atoms with Crippen LogP contribution in [0.2, 0.25) is 0 Å². The highest BCUT2D eigenvalue weighted by Crippen LogP contribution is 2.39. The lowest BCUT2D eigenvalue weighted by Gasteiger charge is -2.26. The zero-order valence-corrected chi connectivity index (χ0v) is 15.1. The van der Waals surface area contributed by atoms with E-state index in [0.717, 1.165) is 42.6 Å². The number of hydrogen-bond donors (Lipinski definition) is 2. The fraction of sp³-hybridized carbons (Fsp3) is 0.350. The molecule has 3 aromatic rings. The van der Waals surface area contributed by atoms with Gasteiger partial charge in [-0.1, -0.05) is 12.1 Å². The first-order chi connectivity index (χ1) is 13.1. The summed E-state index contributed by atoms with van der Waals surface area (Å²) in [5.74, 6) is 1.56. The number of anilines is 1. The lowest BCUT2D eigenvalue weighted by Crippen LogP contribution is -2.23. The number of aromatic nitrogens is 3. The van der Waals surface area contributed by atoms with E-state index < -0.39 is 0 Å². The van der Waals surface area contributed by atoms with Crippen LogP contribution in [-0.2, 0) is 9.53 Å². The summed E-state index contributed by atoms with van der Waals surface area (Å²) in [5, 5.41) is 9.85. The van der Waals surface area contributed by atoms with Crippen LogP contribution in [0.5, 0.6) is 5.75 Å². The average molecular weight is 366 g/mol. The average Bonchev–Trinajstić information content (AvgIpc) is 3.08. The van der Waals surface area contributed by atoms with Gasteiger partial charge in [-0.15, -0.1) is 0 Å². The van der Waals surface area contributed by atoms with Gasteiger partial charge in [-0.3, -0.25) is 9.20 Å². The minimum atomic E-state index is -0.129. The smallest absolute Gasteiger partial charge is 0.308 e. The van der Waals surface area contributed by atoms with Crippen LogP contribution in [0.4, 0.5) is 5.82 Å². The molecule has 0 amide bonds. The van der Waals surface area contributed by atoms with Crippen LogP contribution in [0.1, 0.15) is 37.4 Å². The van der Waals surface area contributed by atoms with Gasteiger partial charge in [-0.05, 0) is 37.8 Å². The molecule has 140 valence electrons. The molecule has 7 heteroatoms. The molecule has 0 atom stereocenters. The van der Waals surface area contributed by atoms with E-state index in [9.17, 15) is 9.90 Å². The molecule has 1 aliphatic carbocycles. The van der Waals surface area contributed by atoms with E-state index in [2.05, 4.69) is 4.98 Å². The van der Waals surface area contributed by atoms with Crippen molar-refractivity contribution in [1.29, 1.82) is 0 Å². The molecule has 0 bridgehead atoms. The lowest BCUT2D eigenvalue weighted by atomic mass is 9.81. The van der Waals surface area contributed by atoms with Gasteiger partial charge in [0.2, 0.25) is 0 Å². The fourth-order valence-corrected chi connectivity index (χ4v) is 3.98. The van der Waals surface area contributed by atoms with Gasteiger partial charge in [0.15, 0.2) is 0 Å². The number of hydrogen-bond acceptors (Lipinski definition) is 6. The molecule has 0 spiro atoms. The minimum absolute atomic E-state index is 0.0326. The largest absolute Gasteiger partial charge is 0.508 e. The van der Waals surface area contributed by atoms with Crippen molar-refractivity contribution in [1.82, 2.24) is 14.4 Å². The molecule has 1 aromatic carbocycles. The number of ether oxygens (including phenoxy) is 1. The van der Waals surface area contributed by atoms with E-state index in [0.29, 0.717) is 11.5 Å². The van der Waals surface area contributed by atoms with Crippen LogP contribution < -0.4 is 5.73 Å². The second-order valence-electron chi connectivity index (χ2n) is 6.97. The van der Waals surface area contributed by atoms with Crippen molar-refractivity contribution in [2.24, 2.45) is 5.92 Å². The summed E-state index contributed by atoms with van der Waals surface area (Å²) in [5.41, 5.74) is 8.41. The molecule has 0 radical (unpaired) electrons. The van der Waals surface area contributed by atoms with E-state index >= 15 is 0 Å². The molecule has 27 heavy (non-hydrogen) atoms. The van der Waals surface area contributed by atoms with E-state index in [1.807, 2.05) is 16.7 Å². The quantitative estimate of drug-likeness (QED) is 0.690. The molecular formula is C20H22N4O3. The number of phenols is 1. The Hall–Kier alpha value is -3.09. The maximum Gasteiger partial charge on any atom is 0.308 e. The van der Waals surface area contributed by atoms with Gasteiger partial charge in [0.05, 0.1) is 13.0 Å². The number of rotatable bonds is 3. The molecule has 4 rings (SSSR count). The maximum atomic E-state index is 11.8. The van der Waals surface area contributed by atoms with E-state index in [1.54, 1.807) is 24.4 Å². The number of benzene rings is 1. The molecule has 0 saturated heterocycles. The summed E-state index contributed by atoms with van der Waals surface area (Å²) in [6.07, 6.45) is 6.83. The highest BCUT2D eigenvalue weighted by molar-refractivity contribution is 5.85. The molecule has 2 aromatic heterocycles. The van der Waals surface area contributed by atoms with Crippen molar-refractivity contribution in [2.75, 3.05) is 12.8 Å². The Kier molecular flexibility index (Phi) is 4.43. The van der Waals surface area contributed by atoms with Crippen molar-refractivity contribution < 1.29 is 14.6 Å². The Balaban J connectivity index is 1.75. The SMILES string of the molecule is COC(=O)C1CCC(c2nc(-c3cccc(O)c3)c3c(N)nccn23)CC1. The van der Waals surface area contributed by atoms with Crippen molar-refractivity contribution in [3.8, 4) is 17.0 Å². The molecule has 1 fully saturated rings. The summed E-state index contributed by atoms with van der Waals surface area (Å²) >= 11 is 0. The Morgan fingerprint density at radius 1 is 1.30 bits per heavy atom. The molecule has 1 saturated carbocycles. The second kappa shape index (κ2) is 6.90. The van der Waals surface area contributed by atoms with Gasteiger partial charge in [-0.2, -0.15) is 0 Å².